The number of benzene rings is 1. The summed E-state index contributed by atoms with van der Waals surface area (Å²) in [5.74, 6) is 0.375. The molecule has 1 N–H and O–H groups in total. The van der Waals surface area contributed by atoms with Crippen LogP contribution in [0.4, 0.5) is 13.2 Å². The SMILES string of the molecule is CC(C)OCC(O)Cn1ccnc1-c1cccc(C(F)(F)F)c1. The molecule has 1 unspecified atom stereocenters. The number of aliphatic hydroxyl groups excluding tert-OH is 1. The van der Waals surface area contributed by atoms with Crippen LogP contribution in [0.1, 0.15) is 19.4 Å². The monoisotopic (exact) mass is 328 g/mol. The Balaban J connectivity index is 2.18. The van der Waals surface area contributed by atoms with Crippen LogP contribution in [-0.4, -0.2) is 33.5 Å². The van der Waals surface area contributed by atoms with Gasteiger partial charge in [0.1, 0.15) is 5.82 Å². The van der Waals surface area contributed by atoms with E-state index in [2.05, 4.69) is 4.98 Å². The van der Waals surface area contributed by atoms with Gasteiger partial charge in [-0.05, 0) is 26.0 Å². The summed E-state index contributed by atoms with van der Waals surface area (Å²) >= 11 is 0. The molecule has 7 heteroatoms. The van der Waals surface area contributed by atoms with Crippen LogP contribution < -0.4 is 0 Å². The van der Waals surface area contributed by atoms with Gasteiger partial charge in [-0.2, -0.15) is 13.2 Å². The Kier molecular flexibility index (Phi) is 5.43. The van der Waals surface area contributed by atoms with Crippen LogP contribution in [0.2, 0.25) is 0 Å². The molecule has 0 saturated heterocycles. The molecule has 0 spiro atoms. The smallest absolute Gasteiger partial charge is 0.389 e. The molecular weight excluding hydrogens is 309 g/mol. The first-order valence-electron chi connectivity index (χ1n) is 7.26. The molecule has 0 aliphatic carbocycles. The van der Waals surface area contributed by atoms with Crippen LogP contribution in [0, 0.1) is 0 Å². The van der Waals surface area contributed by atoms with E-state index in [4.69, 9.17) is 4.74 Å². The van der Waals surface area contributed by atoms with Gasteiger partial charge in [0.05, 0.1) is 30.9 Å². The molecule has 1 atom stereocenters. The van der Waals surface area contributed by atoms with Crippen molar-refractivity contribution in [3.8, 4) is 11.4 Å². The first kappa shape index (κ1) is 17.5. The first-order valence-corrected chi connectivity index (χ1v) is 7.26. The van der Waals surface area contributed by atoms with Gasteiger partial charge in [-0.25, -0.2) is 4.98 Å². The van der Waals surface area contributed by atoms with Gasteiger partial charge in [-0.3, -0.25) is 0 Å². The van der Waals surface area contributed by atoms with E-state index in [1.807, 2.05) is 13.8 Å². The number of hydrogen-bond acceptors (Lipinski definition) is 3. The van der Waals surface area contributed by atoms with E-state index in [-0.39, 0.29) is 19.3 Å². The molecule has 0 aliphatic rings. The summed E-state index contributed by atoms with van der Waals surface area (Å²) in [6.45, 7) is 4.06. The van der Waals surface area contributed by atoms with Crippen molar-refractivity contribution in [2.45, 2.75) is 38.8 Å². The number of aromatic nitrogens is 2. The lowest BCUT2D eigenvalue weighted by Gasteiger charge is -2.16. The largest absolute Gasteiger partial charge is 0.416 e. The Bertz CT molecular complexity index is 638. The van der Waals surface area contributed by atoms with Gasteiger partial charge in [-0.15, -0.1) is 0 Å². The minimum atomic E-state index is -4.40. The molecule has 4 nitrogen and oxygen atoms in total. The van der Waals surface area contributed by atoms with Gasteiger partial charge in [0.15, 0.2) is 0 Å². The van der Waals surface area contributed by atoms with Crippen molar-refractivity contribution in [2.24, 2.45) is 0 Å². The van der Waals surface area contributed by atoms with Crippen molar-refractivity contribution in [3.63, 3.8) is 0 Å². The van der Waals surface area contributed by atoms with E-state index in [0.29, 0.717) is 11.4 Å². The van der Waals surface area contributed by atoms with Crippen LogP contribution in [0.15, 0.2) is 36.7 Å². The van der Waals surface area contributed by atoms with Crippen molar-refractivity contribution < 1.29 is 23.0 Å². The molecule has 0 saturated carbocycles. The zero-order valence-electron chi connectivity index (χ0n) is 12.9. The van der Waals surface area contributed by atoms with E-state index in [1.54, 1.807) is 16.8 Å². The van der Waals surface area contributed by atoms with Crippen molar-refractivity contribution >= 4 is 0 Å². The summed E-state index contributed by atoms with van der Waals surface area (Å²) < 4.78 is 45.4. The fourth-order valence-corrected chi connectivity index (χ4v) is 2.13. The number of alkyl halides is 3. The minimum Gasteiger partial charge on any atom is -0.389 e. The van der Waals surface area contributed by atoms with Crippen LogP contribution in [-0.2, 0) is 17.5 Å². The highest BCUT2D eigenvalue weighted by molar-refractivity contribution is 5.57. The van der Waals surface area contributed by atoms with Crippen LogP contribution in [0.5, 0.6) is 0 Å². The van der Waals surface area contributed by atoms with Gasteiger partial charge in [0.2, 0.25) is 0 Å². The second kappa shape index (κ2) is 7.14. The fourth-order valence-electron chi connectivity index (χ4n) is 2.13. The Morgan fingerprint density at radius 1 is 1.30 bits per heavy atom. The second-order valence-electron chi connectivity index (χ2n) is 5.52. The standard InChI is InChI=1S/C16H19F3N2O2/c1-11(2)23-10-14(22)9-21-7-6-20-15(21)12-4-3-5-13(8-12)16(17,18)19/h3-8,11,14,22H,9-10H2,1-2H3. The molecule has 0 aliphatic heterocycles. The van der Waals surface area contributed by atoms with Gasteiger partial charge in [0.25, 0.3) is 0 Å². The molecule has 2 rings (SSSR count). The zero-order valence-corrected chi connectivity index (χ0v) is 12.9. The van der Waals surface area contributed by atoms with E-state index in [0.717, 1.165) is 12.1 Å². The maximum Gasteiger partial charge on any atom is 0.416 e. The summed E-state index contributed by atoms with van der Waals surface area (Å²) in [5, 5.41) is 9.97. The van der Waals surface area contributed by atoms with Gasteiger partial charge in [0, 0.05) is 18.0 Å². The Labute approximate surface area is 132 Å². The summed E-state index contributed by atoms with van der Waals surface area (Å²) in [6.07, 6.45) is -2.07. The molecule has 0 bridgehead atoms. The third kappa shape index (κ3) is 4.80. The summed E-state index contributed by atoms with van der Waals surface area (Å²) in [5.41, 5.74) is -0.380. The highest BCUT2D eigenvalue weighted by Crippen LogP contribution is 2.31. The molecule has 0 fully saturated rings. The summed E-state index contributed by atoms with van der Waals surface area (Å²) in [6, 6.07) is 4.97. The van der Waals surface area contributed by atoms with Crippen LogP contribution >= 0.6 is 0 Å². The second-order valence-corrected chi connectivity index (χ2v) is 5.52. The van der Waals surface area contributed by atoms with Gasteiger partial charge in [-0.1, -0.05) is 12.1 Å². The Hall–Kier alpha value is -1.86. The number of imidazole rings is 1. The lowest BCUT2D eigenvalue weighted by Crippen LogP contribution is -2.24. The highest BCUT2D eigenvalue weighted by Gasteiger charge is 2.30. The number of rotatable bonds is 6. The third-order valence-electron chi connectivity index (χ3n) is 3.19. The van der Waals surface area contributed by atoms with Crippen molar-refractivity contribution in [1.29, 1.82) is 0 Å². The number of aliphatic hydroxyl groups is 1. The summed E-state index contributed by atoms with van der Waals surface area (Å²) in [4.78, 5) is 4.10. The average Bonchev–Trinajstić information content (AvgIpc) is 2.92. The van der Waals surface area contributed by atoms with Crippen LogP contribution in [0.25, 0.3) is 11.4 Å². The lowest BCUT2D eigenvalue weighted by molar-refractivity contribution is -0.137. The van der Waals surface area contributed by atoms with Gasteiger partial charge >= 0.3 is 6.18 Å². The third-order valence-corrected chi connectivity index (χ3v) is 3.19. The molecule has 0 amide bonds. The van der Waals surface area contributed by atoms with Crippen LogP contribution in [0.3, 0.4) is 0 Å². The number of ether oxygens (including phenoxy) is 1. The zero-order chi connectivity index (χ0) is 17.0. The maximum absolute atomic E-state index is 12.8. The predicted molar refractivity (Wildman–Crippen MR) is 79.8 cm³/mol. The fraction of sp³-hybridized carbons (Fsp3) is 0.438. The normalized spacial score (nSPS) is 13.5. The topological polar surface area (TPSA) is 47.3 Å². The minimum absolute atomic E-state index is 0.00428. The van der Waals surface area contributed by atoms with E-state index < -0.39 is 17.8 Å². The van der Waals surface area contributed by atoms with Crippen molar-refractivity contribution in [1.82, 2.24) is 9.55 Å². The molecule has 23 heavy (non-hydrogen) atoms. The summed E-state index contributed by atoms with van der Waals surface area (Å²) in [7, 11) is 0. The van der Waals surface area contributed by atoms with E-state index in [1.165, 1.54) is 12.3 Å². The Morgan fingerprint density at radius 3 is 2.70 bits per heavy atom. The lowest BCUT2D eigenvalue weighted by atomic mass is 10.1. The van der Waals surface area contributed by atoms with E-state index in [9.17, 15) is 18.3 Å². The molecule has 2 aromatic rings. The number of halogens is 3. The van der Waals surface area contributed by atoms with E-state index >= 15 is 0 Å². The van der Waals surface area contributed by atoms with Crippen molar-refractivity contribution in [2.75, 3.05) is 6.61 Å². The molecule has 1 aromatic carbocycles. The predicted octanol–water partition coefficient (Wildman–Crippen LogP) is 3.35. The molecule has 0 radical (unpaired) electrons. The van der Waals surface area contributed by atoms with Gasteiger partial charge < -0.3 is 14.4 Å². The number of nitrogens with zero attached hydrogens (tertiary/aromatic N) is 2. The molecule has 1 heterocycles. The van der Waals surface area contributed by atoms with Crippen molar-refractivity contribution in [3.05, 3.63) is 42.2 Å². The molecule has 126 valence electrons. The Morgan fingerprint density at radius 2 is 2.04 bits per heavy atom. The number of hydrogen-bond donors (Lipinski definition) is 1. The molecular formula is C16H19F3N2O2. The quantitative estimate of drug-likeness (QED) is 0.884. The average molecular weight is 328 g/mol. The maximum atomic E-state index is 12.8. The first-order chi connectivity index (χ1) is 10.8. The highest BCUT2D eigenvalue weighted by atomic mass is 19.4. The molecule has 1 aromatic heterocycles.